The number of methoxy groups -OCH3 is 1. The minimum Gasteiger partial charge on any atom is -0.504 e. The van der Waals surface area contributed by atoms with Crippen molar-refractivity contribution in [3.8, 4) is 11.5 Å². The van der Waals surface area contributed by atoms with Crippen LogP contribution in [-0.4, -0.2) is 30.1 Å². The molecule has 4 heteroatoms. The van der Waals surface area contributed by atoms with E-state index in [1.54, 1.807) is 17.0 Å². The Labute approximate surface area is 190 Å². The summed E-state index contributed by atoms with van der Waals surface area (Å²) in [6.45, 7) is 2.79. The van der Waals surface area contributed by atoms with Crippen LogP contribution in [0.25, 0.3) is 0 Å². The molecule has 0 spiro atoms. The average molecular weight is 432 g/mol. The third-order valence-corrected chi connectivity index (χ3v) is 5.74. The van der Waals surface area contributed by atoms with Gasteiger partial charge in [-0.15, -0.1) is 0 Å². The first kappa shape index (κ1) is 27.1. The third-order valence-electron chi connectivity index (χ3n) is 5.74. The van der Waals surface area contributed by atoms with Crippen LogP contribution in [0, 0.1) is 0 Å². The van der Waals surface area contributed by atoms with Crippen LogP contribution in [0.1, 0.15) is 102 Å². The number of nitrogens with zero attached hydrogens (tertiary/aromatic N) is 1. The number of ether oxygens (including phenoxy) is 1. The highest BCUT2D eigenvalue weighted by molar-refractivity contribution is 5.75. The predicted octanol–water partition coefficient (Wildman–Crippen LogP) is 7.40. The van der Waals surface area contributed by atoms with Crippen LogP contribution in [0.15, 0.2) is 30.4 Å². The number of amides is 1. The number of allylic oxidation sites excluding steroid dienone is 2. The van der Waals surface area contributed by atoms with Gasteiger partial charge in [-0.2, -0.15) is 0 Å². The quantitative estimate of drug-likeness (QED) is 0.195. The van der Waals surface area contributed by atoms with Gasteiger partial charge in [0.25, 0.3) is 0 Å². The summed E-state index contributed by atoms with van der Waals surface area (Å²) in [6, 6.07) is 5.21. The average Bonchev–Trinajstić information content (AvgIpc) is 2.77. The van der Waals surface area contributed by atoms with Crippen LogP contribution in [0.3, 0.4) is 0 Å². The highest BCUT2D eigenvalue weighted by atomic mass is 16.5. The number of phenols is 1. The van der Waals surface area contributed by atoms with Crippen molar-refractivity contribution in [1.29, 1.82) is 0 Å². The molecular formula is C27H45NO3. The summed E-state index contributed by atoms with van der Waals surface area (Å²) in [4.78, 5) is 14.1. The number of unbranched alkanes of at least 4 members (excludes halogenated alkanes) is 11. The molecular weight excluding hydrogens is 386 g/mol. The topological polar surface area (TPSA) is 49.8 Å². The second-order valence-corrected chi connectivity index (χ2v) is 8.59. The molecule has 0 atom stereocenters. The third kappa shape index (κ3) is 13.1. The fourth-order valence-corrected chi connectivity index (χ4v) is 3.72. The number of aromatic hydroxyl groups is 1. The number of rotatable bonds is 18. The van der Waals surface area contributed by atoms with E-state index in [-0.39, 0.29) is 11.7 Å². The molecule has 0 radical (unpaired) electrons. The lowest BCUT2D eigenvalue weighted by Gasteiger charge is -2.18. The first-order chi connectivity index (χ1) is 15.1. The number of hydrogen-bond acceptors (Lipinski definition) is 3. The standard InChI is InChI=1S/C27H45NO3/c1-4-5-6-7-8-9-10-11-12-13-14-15-16-17-18-19-27(30)28(2)23-24-20-21-25(29)26(22-24)31-3/h11-12,20-22,29H,4-10,13-19,23H2,1-3H3/b12-11-. The second kappa shape index (κ2) is 17.7. The SMILES string of the molecule is CCCCCCCC/C=C\CCCCCCCC(=O)N(C)Cc1ccc(O)c(OC)c1. The van der Waals surface area contributed by atoms with E-state index in [4.69, 9.17) is 4.74 Å². The smallest absolute Gasteiger partial charge is 0.222 e. The van der Waals surface area contributed by atoms with E-state index in [0.29, 0.717) is 18.7 Å². The van der Waals surface area contributed by atoms with Gasteiger partial charge in [-0.25, -0.2) is 0 Å². The van der Waals surface area contributed by atoms with Gasteiger partial charge in [0.05, 0.1) is 7.11 Å². The molecule has 0 bridgehead atoms. The van der Waals surface area contributed by atoms with Crippen molar-refractivity contribution in [1.82, 2.24) is 4.90 Å². The summed E-state index contributed by atoms with van der Waals surface area (Å²) in [5.41, 5.74) is 0.954. The minimum absolute atomic E-state index is 0.119. The Balaban J connectivity index is 2.01. The molecule has 176 valence electrons. The molecule has 31 heavy (non-hydrogen) atoms. The lowest BCUT2D eigenvalue weighted by Crippen LogP contribution is -2.25. The van der Waals surface area contributed by atoms with Crippen molar-refractivity contribution < 1.29 is 14.6 Å². The highest BCUT2D eigenvalue weighted by Crippen LogP contribution is 2.26. The number of hydrogen-bond donors (Lipinski definition) is 1. The van der Waals surface area contributed by atoms with Crippen LogP contribution >= 0.6 is 0 Å². The maximum absolute atomic E-state index is 12.3. The van der Waals surface area contributed by atoms with Crippen molar-refractivity contribution in [3.63, 3.8) is 0 Å². The molecule has 0 aliphatic rings. The molecule has 0 heterocycles. The van der Waals surface area contributed by atoms with Gasteiger partial charge in [0.15, 0.2) is 11.5 Å². The van der Waals surface area contributed by atoms with E-state index in [2.05, 4.69) is 19.1 Å². The van der Waals surface area contributed by atoms with Gasteiger partial charge in [-0.1, -0.05) is 76.5 Å². The Morgan fingerprint density at radius 3 is 2.13 bits per heavy atom. The van der Waals surface area contributed by atoms with Crippen LogP contribution in [0.2, 0.25) is 0 Å². The zero-order valence-electron chi connectivity index (χ0n) is 20.2. The van der Waals surface area contributed by atoms with E-state index >= 15 is 0 Å². The molecule has 0 saturated carbocycles. The monoisotopic (exact) mass is 431 g/mol. The van der Waals surface area contributed by atoms with Gasteiger partial charge in [0, 0.05) is 20.0 Å². The molecule has 0 aliphatic heterocycles. The summed E-state index contributed by atoms with van der Waals surface area (Å²) in [5, 5.41) is 9.67. The lowest BCUT2D eigenvalue weighted by molar-refractivity contribution is -0.130. The Morgan fingerprint density at radius 2 is 1.52 bits per heavy atom. The molecule has 0 aliphatic carbocycles. The predicted molar refractivity (Wildman–Crippen MR) is 131 cm³/mol. The van der Waals surface area contributed by atoms with E-state index in [1.807, 2.05) is 13.1 Å². The maximum Gasteiger partial charge on any atom is 0.222 e. The number of carbonyl (C=O) groups is 1. The molecule has 4 nitrogen and oxygen atoms in total. The Kier molecular flexibility index (Phi) is 15.4. The minimum atomic E-state index is 0.119. The first-order valence-corrected chi connectivity index (χ1v) is 12.3. The van der Waals surface area contributed by atoms with Crippen LogP contribution in [0.4, 0.5) is 0 Å². The zero-order valence-corrected chi connectivity index (χ0v) is 20.2. The van der Waals surface area contributed by atoms with Gasteiger partial charge in [0.2, 0.25) is 5.91 Å². The normalized spacial score (nSPS) is 11.2. The summed E-state index contributed by atoms with van der Waals surface area (Å²) in [7, 11) is 3.36. The summed E-state index contributed by atoms with van der Waals surface area (Å²) in [5.74, 6) is 0.730. The first-order valence-electron chi connectivity index (χ1n) is 12.3. The molecule has 1 amide bonds. The van der Waals surface area contributed by atoms with Crippen molar-refractivity contribution in [2.75, 3.05) is 14.2 Å². The number of benzene rings is 1. The van der Waals surface area contributed by atoms with E-state index in [0.717, 1.165) is 18.4 Å². The summed E-state index contributed by atoms with van der Waals surface area (Å²) in [6.07, 6.45) is 21.7. The van der Waals surface area contributed by atoms with Gasteiger partial charge < -0.3 is 14.7 Å². The number of phenolic OH excluding ortho intramolecular Hbond substituents is 1. The fraction of sp³-hybridized carbons (Fsp3) is 0.667. The molecule has 1 rings (SSSR count). The van der Waals surface area contributed by atoms with Crippen LogP contribution in [0.5, 0.6) is 11.5 Å². The van der Waals surface area contributed by atoms with Crippen molar-refractivity contribution in [2.24, 2.45) is 0 Å². The highest BCUT2D eigenvalue weighted by Gasteiger charge is 2.10. The lowest BCUT2D eigenvalue weighted by atomic mass is 10.1. The molecule has 0 saturated heterocycles. The van der Waals surface area contributed by atoms with Crippen LogP contribution in [-0.2, 0) is 11.3 Å². The van der Waals surface area contributed by atoms with Crippen LogP contribution < -0.4 is 4.74 Å². The summed E-state index contributed by atoms with van der Waals surface area (Å²) < 4.78 is 5.13. The number of carbonyl (C=O) groups excluding carboxylic acids is 1. The van der Waals surface area contributed by atoms with Gasteiger partial charge in [-0.3, -0.25) is 4.79 Å². The van der Waals surface area contributed by atoms with Gasteiger partial charge >= 0.3 is 0 Å². The molecule has 0 aromatic heterocycles. The molecule has 1 aromatic carbocycles. The van der Waals surface area contributed by atoms with E-state index < -0.39 is 0 Å². The second-order valence-electron chi connectivity index (χ2n) is 8.59. The maximum atomic E-state index is 12.3. The summed E-state index contributed by atoms with van der Waals surface area (Å²) >= 11 is 0. The van der Waals surface area contributed by atoms with Crippen molar-refractivity contribution >= 4 is 5.91 Å². The molecule has 1 aromatic rings. The Bertz CT molecular complexity index is 627. The van der Waals surface area contributed by atoms with Gasteiger partial charge in [-0.05, 0) is 49.8 Å². The van der Waals surface area contributed by atoms with Crippen molar-refractivity contribution in [3.05, 3.63) is 35.9 Å². The largest absolute Gasteiger partial charge is 0.504 e. The Morgan fingerprint density at radius 1 is 0.935 bits per heavy atom. The van der Waals surface area contributed by atoms with Gasteiger partial charge in [0.1, 0.15) is 0 Å². The van der Waals surface area contributed by atoms with E-state index in [9.17, 15) is 9.90 Å². The molecule has 1 N–H and O–H groups in total. The molecule has 0 fully saturated rings. The molecule has 0 unspecified atom stereocenters. The fourth-order valence-electron chi connectivity index (χ4n) is 3.72. The zero-order chi connectivity index (χ0) is 22.7. The van der Waals surface area contributed by atoms with E-state index in [1.165, 1.54) is 77.7 Å². The van der Waals surface area contributed by atoms with Crippen molar-refractivity contribution in [2.45, 2.75) is 103 Å². The Hall–Kier alpha value is -1.97.